The lowest BCUT2D eigenvalue weighted by molar-refractivity contribution is 0.864. The normalized spacial score (nSPS) is 6.17. The second kappa shape index (κ2) is 46.9. The maximum absolute atomic E-state index is 3.64. The van der Waals surface area contributed by atoms with Crippen LogP contribution in [0, 0.1) is 27.7 Å². The molecule has 0 amide bonds. The molecule has 0 aliphatic rings. The van der Waals surface area contributed by atoms with Crippen LogP contribution in [0.15, 0.2) is 13.2 Å². The minimum Gasteiger partial charge on any atom is -0.343 e. The molecular formula is C12H26. The Bertz CT molecular complexity index is 27.0. The third-order valence-corrected chi connectivity index (χ3v) is 0.750. The fourth-order valence-electron chi connectivity index (χ4n) is 0.177. The molecule has 0 aliphatic heterocycles. The van der Waals surface area contributed by atoms with E-state index in [0.29, 0.717) is 0 Å². The van der Waals surface area contributed by atoms with Crippen LogP contribution in [0.4, 0.5) is 0 Å². The maximum Gasteiger partial charge on any atom is 0.0826 e. The van der Waals surface area contributed by atoms with Gasteiger partial charge in [-0.15, -0.1) is 19.6 Å². The van der Waals surface area contributed by atoms with E-state index in [4.69, 9.17) is 0 Å². The van der Waals surface area contributed by atoms with Gasteiger partial charge in [0.15, 0.2) is 0 Å². The molecule has 0 unspecified atom stereocenters. The summed E-state index contributed by atoms with van der Waals surface area (Å²) in [6.45, 7) is 20.4. The average molecular weight is 170 g/mol. The summed E-state index contributed by atoms with van der Waals surface area (Å²) in [6, 6.07) is 0. The van der Waals surface area contributed by atoms with E-state index in [1.807, 2.05) is 0 Å². The lowest BCUT2D eigenvalue weighted by atomic mass is 10.3. The van der Waals surface area contributed by atoms with Gasteiger partial charge in [-0.25, -0.2) is 0 Å². The van der Waals surface area contributed by atoms with Gasteiger partial charge in [-0.3, -0.25) is 0 Å². The molecule has 0 aromatic carbocycles. The van der Waals surface area contributed by atoms with Gasteiger partial charge < -0.3 is 13.8 Å². The molecule has 0 spiro atoms. The molecule has 0 saturated carbocycles. The predicted molar refractivity (Wildman–Crippen MR) is 62.5 cm³/mol. The van der Waals surface area contributed by atoms with Crippen molar-refractivity contribution in [3.05, 3.63) is 40.9 Å². The van der Waals surface area contributed by atoms with E-state index in [0.717, 1.165) is 25.7 Å². The van der Waals surface area contributed by atoms with Crippen LogP contribution < -0.4 is 0 Å². The minimum absolute atomic E-state index is 0. The Labute approximate surface area is 81.1 Å². The lowest BCUT2D eigenvalue weighted by Crippen LogP contribution is -1.60. The van der Waals surface area contributed by atoms with Gasteiger partial charge in [0, 0.05) is 0 Å². The third-order valence-electron chi connectivity index (χ3n) is 0.750. The van der Waals surface area contributed by atoms with Crippen LogP contribution in [0.25, 0.3) is 0 Å². The van der Waals surface area contributed by atoms with Gasteiger partial charge in [-0.1, -0.05) is 7.43 Å². The Morgan fingerprint density at radius 3 is 1.25 bits per heavy atom. The van der Waals surface area contributed by atoms with Crippen LogP contribution >= 0.6 is 0 Å². The molecule has 0 radical (unpaired) electrons. The zero-order valence-corrected chi connectivity index (χ0v) is 7.78. The van der Waals surface area contributed by atoms with Gasteiger partial charge in [0.1, 0.15) is 0 Å². The predicted octanol–water partition coefficient (Wildman–Crippen LogP) is 4.70. The van der Waals surface area contributed by atoms with E-state index in [9.17, 15) is 0 Å². The quantitative estimate of drug-likeness (QED) is 0.425. The number of rotatable bonds is 3. The van der Waals surface area contributed by atoms with Crippen LogP contribution in [0.5, 0.6) is 0 Å². The highest BCUT2D eigenvalue weighted by Crippen LogP contribution is 1.87. The first kappa shape index (κ1) is 22.5. The molecule has 0 bridgehead atoms. The Morgan fingerprint density at radius 1 is 0.917 bits per heavy atom. The Hall–Kier alpha value is -0.520. The highest BCUT2D eigenvalue weighted by molar-refractivity contribution is 4.41. The molecule has 0 heteroatoms. The number of unbranched alkanes of at least 4 members (excludes halogenated alkanes) is 3. The van der Waals surface area contributed by atoms with Crippen LogP contribution in [0.2, 0.25) is 0 Å². The summed E-state index contributed by atoms with van der Waals surface area (Å²) in [6.07, 6.45) is 5.15. The fourth-order valence-corrected chi connectivity index (χ4v) is 0.177. The molecule has 0 N–H and O–H groups in total. The molecule has 0 rings (SSSR count). The fraction of sp³-hybridized carbons (Fsp3) is 0.500. The first-order valence-electron chi connectivity index (χ1n) is 4.00. The molecule has 12 heavy (non-hydrogen) atoms. The third kappa shape index (κ3) is 111. The Kier molecular flexibility index (Phi) is 88.1. The summed E-state index contributed by atoms with van der Waals surface area (Å²) in [4.78, 5) is 0. The van der Waals surface area contributed by atoms with Crippen LogP contribution in [-0.2, 0) is 0 Å². The summed E-state index contributed by atoms with van der Waals surface area (Å²) in [5.74, 6) is 0. The highest BCUT2D eigenvalue weighted by atomic mass is 13.7. The van der Waals surface area contributed by atoms with Crippen molar-refractivity contribution in [1.82, 2.24) is 0 Å². The maximum atomic E-state index is 3.64. The van der Waals surface area contributed by atoms with Gasteiger partial charge in [0.25, 0.3) is 0 Å². The van der Waals surface area contributed by atoms with E-state index in [1.54, 1.807) is 0 Å². The van der Waals surface area contributed by atoms with E-state index in [1.165, 1.54) is 6.42 Å². The number of hydrogen-bond acceptors (Lipinski definition) is 0. The second-order valence-electron chi connectivity index (χ2n) is 1.77. The topological polar surface area (TPSA) is 0 Å². The Morgan fingerprint density at radius 2 is 1.25 bits per heavy atom. The first-order chi connectivity index (χ1) is 5.33. The van der Waals surface area contributed by atoms with Crippen LogP contribution in [0.3, 0.4) is 0 Å². The number of hydrogen-bond donors (Lipinski definition) is 0. The summed E-state index contributed by atoms with van der Waals surface area (Å²) >= 11 is 0. The summed E-state index contributed by atoms with van der Waals surface area (Å²) in [5, 5.41) is 0. The molecule has 0 saturated heterocycles. The van der Waals surface area contributed by atoms with Crippen molar-refractivity contribution < 1.29 is 0 Å². The van der Waals surface area contributed by atoms with Gasteiger partial charge >= 0.3 is 0 Å². The van der Waals surface area contributed by atoms with Crippen molar-refractivity contribution in [1.29, 1.82) is 0 Å². The van der Waals surface area contributed by atoms with Crippen molar-refractivity contribution >= 4 is 0 Å². The molecule has 0 aromatic heterocycles. The molecule has 0 heterocycles. The van der Waals surface area contributed by atoms with Crippen LogP contribution in [-0.4, -0.2) is 0 Å². The standard InChI is InChI=1S/C5H10.C4H8.C2H4.CH4/c1-3-5-4-2;1-3-4-2;1-2;/h1-5H2;1-4H2;1-2H2;1H4. The molecule has 0 aliphatic carbocycles. The van der Waals surface area contributed by atoms with Crippen LogP contribution in [0.1, 0.15) is 39.5 Å². The zero-order valence-electron chi connectivity index (χ0n) is 7.78. The highest BCUT2D eigenvalue weighted by Gasteiger charge is 1.69. The van der Waals surface area contributed by atoms with Crippen molar-refractivity contribution in [3.8, 4) is 0 Å². The second-order valence-corrected chi connectivity index (χ2v) is 1.77. The zero-order chi connectivity index (χ0) is 9.54. The van der Waals surface area contributed by atoms with Crippen molar-refractivity contribution in [3.63, 3.8) is 0 Å². The van der Waals surface area contributed by atoms with Gasteiger partial charge in [-0.05, 0) is 6.42 Å². The van der Waals surface area contributed by atoms with E-state index >= 15 is 0 Å². The monoisotopic (exact) mass is 170 g/mol. The van der Waals surface area contributed by atoms with Gasteiger partial charge in [0.2, 0.25) is 0 Å². The SMILES string of the molecule is C.C=C.[CH2+]CCC[CH2-].[CH2+]CC[CH2-]. The lowest BCUT2D eigenvalue weighted by Gasteiger charge is -1.81. The van der Waals surface area contributed by atoms with Crippen molar-refractivity contribution in [2.45, 2.75) is 39.5 Å². The average Bonchev–Trinajstić information content (AvgIpc) is 2.10. The smallest absolute Gasteiger partial charge is 0.0826 e. The minimum atomic E-state index is 0. The first-order valence-corrected chi connectivity index (χ1v) is 4.00. The largest absolute Gasteiger partial charge is 0.343 e. The van der Waals surface area contributed by atoms with Crippen molar-refractivity contribution in [2.75, 3.05) is 0 Å². The van der Waals surface area contributed by atoms with Crippen molar-refractivity contribution in [2.24, 2.45) is 0 Å². The van der Waals surface area contributed by atoms with E-state index < -0.39 is 0 Å². The molecule has 74 valence electrons. The van der Waals surface area contributed by atoms with E-state index in [-0.39, 0.29) is 7.43 Å². The summed E-state index contributed by atoms with van der Waals surface area (Å²) in [7, 11) is 0. The molecular weight excluding hydrogens is 144 g/mol. The molecule has 0 atom stereocenters. The summed E-state index contributed by atoms with van der Waals surface area (Å²) in [5.41, 5.74) is 0. The van der Waals surface area contributed by atoms with Gasteiger partial charge in [-0.2, -0.15) is 6.42 Å². The van der Waals surface area contributed by atoms with Gasteiger partial charge in [0.05, 0.1) is 26.7 Å². The molecule has 0 nitrogen and oxygen atoms in total. The molecule has 0 aromatic rings. The van der Waals surface area contributed by atoms with E-state index in [2.05, 4.69) is 40.9 Å². The Balaban J connectivity index is -0.0000000419. The summed E-state index contributed by atoms with van der Waals surface area (Å²) < 4.78 is 0. The molecule has 0 fully saturated rings.